The molecule has 0 aromatic carbocycles. The van der Waals surface area contributed by atoms with Crippen molar-refractivity contribution in [2.75, 3.05) is 19.6 Å². The second-order valence-corrected chi connectivity index (χ2v) is 5.39. The number of piperidine rings is 1. The van der Waals surface area contributed by atoms with Gasteiger partial charge in [-0.2, -0.15) is 0 Å². The Labute approximate surface area is 107 Å². The molecule has 0 amide bonds. The van der Waals surface area contributed by atoms with Crippen molar-refractivity contribution < 1.29 is 0 Å². The van der Waals surface area contributed by atoms with E-state index >= 15 is 0 Å². The molecule has 1 aliphatic heterocycles. The third-order valence-electron chi connectivity index (χ3n) is 4.40. The number of rotatable bonds is 7. The first-order valence-corrected chi connectivity index (χ1v) is 7.28. The Balaban J connectivity index is 2.77. The summed E-state index contributed by atoms with van der Waals surface area (Å²) in [7, 11) is 0. The lowest BCUT2D eigenvalue weighted by molar-refractivity contribution is 0.0442. The van der Waals surface area contributed by atoms with E-state index in [0.29, 0.717) is 6.04 Å². The topological polar surface area (TPSA) is 15.3 Å². The van der Waals surface area contributed by atoms with Crippen LogP contribution in [-0.2, 0) is 0 Å². The molecule has 2 atom stereocenters. The van der Waals surface area contributed by atoms with Crippen LogP contribution in [0.25, 0.3) is 0 Å². The number of hydrogen-bond donors (Lipinski definition) is 1. The number of hydrogen-bond acceptors (Lipinski definition) is 2. The molecule has 0 radical (unpaired) electrons. The van der Waals surface area contributed by atoms with E-state index in [0.717, 1.165) is 13.0 Å². The Morgan fingerprint density at radius 2 is 1.94 bits per heavy atom. The van der Waals surface area contributed by atoms with E-state index in [-0.39, 0.29) is 5.54 Å². The van der Waals surface area contributed by atoms with Gasteiger partial charge in [0.15, 0.2) is 0 Å². The monoisotopic (exact) mass is 238 g/mol. The van der Waals surface area contributed by atoms with Crippen molar-refractivity contribution >= 4 is 0 Å². The van der Waals surface area contributed by atoms with E-state index in [1.807, 2.05) is 0 Å². The molecule has 1 fully saturated rings. The van der Waals surface area contributed by atoms with E-state index < -0.39 is 0 Å². The van der Waals surface area contributed by atoms with Crippen LogP contribution >= 0.6 is 0 Å². The molecule has 2 nitrogen and oxygen atoms in total. The zero-order chi connectivity index (χ0) is 12.7. The van der Waals surface area contributed by atoms with Gasteiger partial charge in [-0.3, -0.25) is 4.90 Å². The molecule has 0 spiro atoms. The van der Waals surface area contributed by atoms with Gasteiger partial charge in [0, 0.05) is 11.6 Å². The highest BCUT2D eigenvalue weighted by atomic mass is 15.2. The summed E-state index contributed by atoms with van der Waals surface area (Å²) in [6.45, 7) is 14.4. The lowest BCUT2D eigenvalue weighted by atomic mass is 9.83. The Morgan fingerprint density at radius 1 is 1.29 bits per heavy atom. The molecule has 0 saturated carbocycles. The van der Waals surface area contributed by atoms with Gasteiger partial charge >= 0.3 is 0 Å². The first-order valence-electron chi connectivity index (χ1n) is 7.28. The Bertz CT molecular complexity index is 221. The van der Waals surface area contributed by atoms with Crippen LogP contribution in [-0.4, -0.2) is 36.1 Å². The van der Waals surface area contributed by atoms with Crippen LogP contribution in [0, 0.1) is 0 Å². The van der Waals surface area contributed by atoms with Crippen molar-refractivity contribution in [3.63, 3.8) is 0 Å². The summed E-state index contributed by atoms with van der Waals surface area (Å²) in [5, 5.41) is 3.66. The molecule has 100 valence electrons. The van der Waals surface area contributed by atoms with Gasteiger partial charge in [0.1, 0.15) is 0 Å². The predicted octanol–water partition coefficient (Wildman–Crippen LogP) is 3.20. The molecule has 0 aromatic heterocycles. The van der Waals surface area contributed by atoms with E-state index in [2.05, 4.69) is 43.6 Å². The lowest BCUT2D eigenvalue weighted by Crippen LogP contribution is -2.60. The smallest absolute Gasteiger partial charge is 0.0334 e. The molecule has 0 aromatic rings. The van der Waals surface area contributed by atoms with E-state index in [1.165, 1.54) is 38.8 Å². The molecule has 1 N–H and O–H groups in total. The summed E-state index contributed by atoms with van der Waals surface area (Å²) in [6.07, 6.45) is 8.47. The average molecular weight is 238 g/mol. The minimum absolute atomic E-state index is 0.282. The highest BCUT2D eigenvalue weighted by Gasteiger charge is 2.37. The van der Waals surface area contributed by atoms with Crippen molar-refractivity contribution in [2.45, 2.75) is 64.5 Å². The summed E-state index contributed by atoms with van der Waals surface area (Å²) < 4.78 is 0. The molecule has 0 bridgehead atoms. The Hall–Kier alpha value is -0.340. The quantitative estimate of drug-likeness (QED) is 0.685. The molecular formula is C15H30N2. The van der Waals surface area contributed by atoms with Crippen LogP contribution < -0.4 is 5.32 Å². The normalized spacial score (nSPS) is 23.0. The number of likely N-dealkylation sites (tertiary alicyclic amines) is 1. The van der Waals surface area contributed by atoms with Gasteiger partial charge in [0.2, 0.25) is 0 Å². The van der Waals surface area contributed by atoms with E-state index in [1.54, 1.807) is 0 Å². The molecule has 17 heavy (non-hydrogen) atoms. The highest BCUT2D eigenvalue weighted by Crippen LogP contribution is 2.29. The number of nitrogens with zero attached hydrogens (tertiary/aromatic N) is 1. The summed E-state index contributed by atoms with van der Waals surface area (Å²) in [5.41, 5.74) is 0.282. The fraction of sp³-hybridized carbons (Fsp3) is 0.867. The van der Waals surface area contributed by atoms with Crippen molar-refractivity contribution in [3.8, 4) is 0 Å². The molecule has 1 rings (SSSR count). The van der Waals surface area contributed by atoms with Gasteiger partial charge in [-0.15, -0.1) is 6.58 Å². The maximum atomic E-state index is 3.92. The molecule has 1 aliphatic rings. The molecule has 2 heteroatoms. The largest absolute Gasteiger partial charge is 0.312 e. The summed E-state index contributed by atoms with van der Waals surface area (Å²) in [6, 6.07) is 0.535. The van der Waals surface area contributed by atoms with Crippen LogP contribution in [0.4, 0.5) is 0 Å². The Kier molecular flexibility index (Phi) is 6.21. The number of likely N-dealkylation sites (N-methyl/N-ethyl adjacent to an activating group) is 1. The van der Waals surface area contributed by atoms with Crippen LogP contribution in [0.1, 0.15) is 52.9 Å². The molecule has 0 aliphatic carbocycles. The Morgan fingerprint density at radius 3 is 2.41 bits per heavy atom. The van der Waals surface area contributed by atoms with Gasteiger partial charge in [0.25, 0.3) is 0 Å². The minimum atomic E-state index is 0.282. The van der Waals surface area contributed by atoms with Gasteiger partial charge in [-0.05, 0) is 52.2 Å². The minimum Gasteiger partial charge on any atom is -0.312 e. The van der Waals surface area contributed by atoms with E-state index in [9.17, 15) is 0 Å². The fourth-order valence-corrected chi connectivity index (χ4v) is 3.07. The predicted molar refractivity (Wildman–Crippen MR) is 76.4 cm³/mol. The van der Waals surface area contributed by atoms with Crippen LogP contribution in [0.5, 0.6) is 0 Å². The first-order chi connectivity index (χ1) is 8.19. The molecule has 1 saturated heterocycles. The zero-order valence-corrected chi connectivity index (χ0v) is 12.0. The molecule has 2 unspecified atom stereocenters. The first kappa shape index (κ1) is 14.7. The average Bonchev–Trinajstić information content (AvgIpc) is 2.38. The summed E-state index contributed by atoms with van der Waals surface area (Å²) in [5.74, 6) is 0. The van der Waals surface area contributed by atoms with Crippen molar-refractivity contribution in [1.82, 2.24) is 10.2 Å². The van der Waals surface area contributed by atoms with Crippen molar-refractivity contribution in [2.24, 2.45) is 0 Å². The van der Waals surface area contributed by atoms with Crippen LogP contribution in [0.15, 0.2) is 12.7 Å². The van der Waals surface area contributed by atoms with Crippen LogP contribution in [0.2, 0.25) is 0 Å². The van der Waals surface area contributed by atoms with Gasteiger partial charge in [-0.1, -0.05) is 26.3 Å². The van der Waals surface area contributed by atoms with E-state index in [4.69, 9.17) is 0 Å². The molecule has 1 heterocycles. The zero-order valence-electron chi connectivity index (χ0n) is 12.0. The maximum Gasteiger partial charge on any atom is 0.0334 e. The van der Waals surface area contributed by atoms with Crippen molar-refractivity contribution in [1.29, 1.82) is 0 Å². The second kappa shape index (κ2) is 7.17. The third kappa shape index (κ3) is 3.56. The second-order valence-electron chi connectivity index (χ2n) is 5.39. The van der Waals surface area contributed by atoms with Gasteiger partial charge in [0.05, 0.1) is 0 Å². The summed E-state index contributed by atoms with van der Waals surface area (Å²) in [4.78, 5) is 2.70. The maximum absolute atomic E-state index is 3.92. The lowest BCUT2D eigenvalue weighted by Gasteiger charge is -2.48. The fourth-order valence-electron chi connectivity index (χ4n) is 3.07. The summed E-state index contributed by atoms with van der Waals surface area (Å²) >= 11 is 0. The number of nitrogens with one attached hydrogen (secondary N) is 1. The van der Waals surface area contributed by atoms with Crippen LogP contribution in [0.3, 0.4) is 0 Å². The van der Waals surface area contributed by atoms with Crippen molar-refractivity contribution in [3.05, 3.63) is 12.7 Å². The third-order valence-corrected chi connectivity index (χ3v) is 4.40. The SMILES string of the molecule is C=CCC(NCC)C(C)(CC)N1CCCCC1. The highest BCUT2D eigenvalue weighted by molar-refractivity contribution is 4.99. The standard InChI is InChI=1S/C15H30N2/c1-5-11-14(16-7-3)15(4,6-2)17-12-9-8-10-13-17/h5,14,16H,1,6-13H2,2-4H3. The molecular weight excluding hydrogens is 208 g/mol. The van der Waals surface area contributed by atoms with Gasteiger partial charge in [-0.25, -0.2) is 0 Å². The van der Waals surface area contributed by atoms with Gasteiger partial charge < -0.3 is 5.32 Å².